The van der Waals surface area contributed by atoms with Crippen LogP contribution in [0.5, 0.6) is 0 Å². The molecule has 0 saturated carbocycles. The van der Waals surface area contributed by atoms with E-state index in [1.54, 1.807) is 24.3 Å². The first kappa shape index (κ1) is 20.9. The number of hydrogen-bond donors (Lipinski definition) is 2. The Morgan fingerprint density at radius 1 is 1.21 bits per heavy atom. The lowest BCUT2D eigenvalue weighted by Crippen LogP contribution is -2.38. The molecule has 0 aliphatic rings. The van der Waals surface area contributed by atoms with E-state index >= 15 is 0 Å². The monoisotopic (exact) mass is 408 g/mol. The summed E-state index contributed by atoms with van der Waals surface area (Å²) in [6.07, 6.45) is 1.13. The Morgan fingerprint density at radius 2 is 1.93 bits per heavy atom. The number of nitrogens with zero attached hydrogens (tertiary/aromatic N) is 2. The molecule has 10 nitrogen and oxygen atoms in total. The standard InChI is InChI=1S/C17H17ClN4O6/c1-21(8-14(24)19-12-5-3-2-4-11(12)18)15(25)10-28-16(26)9-22-7-6-13(23)20-17(22)27/h2-7H,8-10H2,1H3,(H,19,24)(H,20,23,27). The topological polar surface area (TPSA) is 131 Å². The number of rotatable bonds is 7. The molecule has 2 rings (SSSR count). The number of H-pyrrole nitrogens is 1. The van der Waals surface area contributed by atoms with Crippen molar-refractivity contribution in [1.82, 2.24) is 14.5 Å². The maximum Gasteiger partial charge on any atom is 0.328 e. The van der Waals surface area contributed by atoms with Gasteiger partial charge in [-0.25, -0.2) is 4.79 Å². The number of amides is 2. The summed E-state index contributed by atoms with van der Waals surface area (Å²) in [5.74, 6) is -1.94. The number of para-hydroxylation sites is 1. The van der Waals surface area contributed by atoms with Crippen molar-refractivity contribution in [2.75, 3.05) is 25.5 Å². The van der Waals surface area contributed by atoms with Crippen molar-refractivity contribution in [3.05, 3.63) is 62.4 Å². The van der Waals surface area contributed by atoms with Crippen LogP contribution >= 0.6 is 11.6 Å². The molecule has 0 bridgehead atoms. The van der Waals surface area contributed by atoms with Gasteiger partial charge in [0.25, 0.3) is 11.5 Å². The van der Waals surface area contributed by atoms with E-state index in [0.29, 0.717) is 10.7 Å². The van der Waals surface area contributed by atoms with Crippen LogP contribution in [-0.2, 0) is 25.7 Å². The second kappa shape index (κ2) is 9.51. The van der Waals surface area contributed by atoms with E-state index in [-0.39, 0.29) is 6.54 Å². The lowest BCUT2D eigenvalue weighted by molar-refractivity contribution is -0.152. The summed E-state index contributed by atoms with van der Waals surface area (Å²) < 4.78 is 5.72. The number of aromatic amines is 1. The van der Waals surface area contributed by atoms with E-state index in [9.17, 15) is 24.0 Å². The van der Waals surface area contributed by atoms with Gasteiger partial charge in [0.1, 0.15) is 6.54 Å². The van der Waals surface area contributed by atoms with Crippen molar-refractivity contribution in [2.24, 2.45) is 0 Å². The van der Waals surface area contributed by atoms with Crippen molar-refractivity contribution in [3.63, 3.8) is 0 Å². The number of nitrogens with one attached hydrogen (secondary N) is 2. The average Bonchev–Trinajstić information content (AvgIpc) is 2.64. The molecule has 0 unspecified atom stereocenters. The van der Waals surface area contributed by atoms with E-state index in [4.69, 9.17) is 16.3 Å². The molecule has 0 radical (unpaired) electrons. The molecule has 0 fully saturated rings. The zero-order valence-corrected chi connectivity index (χ0v) is 15.6. The molecule has 2 amide bonds. The number of carbonyl (C=O) groups excluding carboxylic acids is 3. The zero-order valence-electron chi connectivity index (χ0n) is 14.8. The minimum absolute atomic E-state index is 0.277. The highest BCUT2D eigenvalue weighted by Crippen LogP contribution is 2.20. The van der Waals surface area contributed by atoms with Crippen molar-refractivity contribution < 1.29 is 19.1 Å². The Bertz CT molecular complexity index is 999. The summed E-state index contributed by atoms with van der Waals surface area (Å²) in [4.78, 5) is 61.2. The highest BCUT2D eigenvalue weighted by molar-refractivity contribution is 6.33. The van der Waals surface area contributed by atoms with Crippen LogP contribution in [-0.4, -0.2) is 52.4 Å². The molecule has 2 N–H and O–H groups in total. The van der Waals surface area contributed by atoms with Crippen molar-refractivity contribution in [1.29, 1.82) is 0 Å². The van der Waals surface area contributed by atoms with Gasteiger partial charge in [-0.15, -0.1) is 0 Å². The average molecular weight is 409 g/mol. The van der Waals surface area contributed by atoms with Crippen LogP contribution in [0.4, 0.5) is 5.69 Å². The molecule has 0 saturated heterocycles. The summed E-state index contributed by atoms with van der Waals surface area (Å²) in [5.41, 5.74) is -0.960. The summed E-state index contributed by atoms with van der Waals surface area (Å²) in [6.45, 7) is -1.35. The number of ether oxygens (including phenoxy) is 1. The van der Waals surface area contributed by atoms with Crippen molar-refractivity contribution >= 4 is 35.1 Å². The Kier molecular flexibility index (Phi) is 7.10. The highest BCUT2D eigenvalue weighted by atomic mass is 35.5. The maximum atomic E-state index is 12.0. The summed E-state index contributed by atoms with van der Waals surface area (Å²) in [5, 5.41) is 2.92. The molecule has 2 aromatic rings. The van der Waals surface area contributed by atoms with E-state index in [1.165, 1.54) is 7.05 Å². The Labute approximate surface area is 163 Å². The van der Waals surface area contributed by atoms with Gasteiger partial charge < -0.3 is 15.0 Å². The number of benzene rings is 1. The molecule has 148 valence electrons. The minimum Gasteiger partial charge on any atom is -0.454 e. The zero-order chi connectivity index (χ0) is 20.7. The molecule has 1 aromatic carbocycles. The predicted molar refractivity (Wildman–Crippen MR) is 100 cm³/mol. The third kappa shape index (κ3) is 6.09. The fourth-order valence-corrected chi connectivity index (χ4v) is 2.24. The molecule has 28 heavy (non-hydrogen) atoms. The number of hydrogen-bond acceptors (Lipinski definition) is 6. The number of aromatic nitrogens is 2. The lowest BCUT2D eigenvalue weighted by atomic mass is 10.3. The van der Waals surface area contributed by atoms with Gasteiger partial charge >= 0.3 is 11.7 Å². The maximum absolute atomic E-state index is 12.0. The van der Waals surface area contributed by atoms with Crippen LogP contribution < -0.4 is 16.6 Å². The summed E-state index contributed by atoms with van der Waals surface area (Å²) in [7, 11) is 1.37. The van der Waals surface area contributed by atoms with Gasteiger partial charge in [-0.2, -0.15) is 0 Å². The molecule has 1 aromatic heterocycles. The largest absolute Gasteiger partial charge is 0.454 e. The van der Waals surface area contributed by atoms with Crippen LogP contribution in [0.25, 0.3) is 0 Å². The van der Waals surface area contributed by atoms with Crippen LogP contribution in [0, 0.1) is 0 Å². The van der Waals surface area contributed by atoms with Gasteiger partial charge in [0.2, 0.25) is 5.91 Å². The van der Waals surface area contributed by atoms with Crippen LogP contribution in [0.1, 0.15) is 0 Å². The normalized spacial score (nSPS) is 10.2. The highest BCUT2D eigenvalue weighted by Gasteiger charge is 2.16. The van der Waals surface area contributed by atoms with Crippen molar-refractivity contribution in [3.8, 4) is 0 Å². The molecule has 0 spiro atoms. The third-order valence-electron chi connectivity index (χ3n) is 3.51. The van der Waals surface area contributed by atoms with Crippen LogP contribution in [0.2, 0.25) is 5.02 Å². The molecule has 11 heteroatoms. The quantitative estimate of drug-likeness (QED) is 0.611. The molecule has 0 atom stereocenters. The second-order valence-corrected chi connectivity index (χ2v) is 6.08. The second-order valence-electron chi connectivity index (χ2n) is 5.68. The van der Waals surface area contributed by atoms with E-state index in [2.05, 4.69) is 5.32 Å². The molecular weight excluding hydrogens is 392 g/mol. The smallest absolute Gasteiger partial charge is 0.328 e. The third-order valence-corrected chi connectivity index (χ3v) is 3.84. The van der Waals surface area contributed by atoms with Gasteiger partial charge in [-0.1, -0.05) is 23.7 Å². The number of anilines is 1. The number of carbonyl (C=O) groups is 3. The van der Waals surface area contributed by atoms with Gasteiger partial charge in [-0.05, 0) is 12.1 Å². The first-order valence-corrected chi connectivity index (χ1v) is 8.38. The lowest BCUT2D eigenvalue weighted by Gasteiger charge is -2.17. The Balaban J connectivity index is 1.80. The summed E-state index contributed by atoms with van der Waals surface area (Å²) >= 11 is 5.94. The van der Waals surface area contributed by atoms with Crippen LogP contribution in [0.3, 0.4) is 0 Å². The number of halogens is 1. The van der Waals surface area contributed by atoms with E-state index < -0.39 is 42.2 Å². The molecular formula is C17H17ClN4O6. The van der Waals surface area contributed by atoms with Crippen LogP contribution in [0.15, 0.2) is 46.1 Å². The van der Waals surface area contributed by atoms with Crippen molar-refractivity contribution in [2.45, 2.75) is 6.54 Å². The van der Waals surface area contributed by atoms with Gasteiger partial charge in [0.05, 0.1) is 17.3 Å². The van der Waals surface area contributed by atoms with Gasteiger partial charge in [0, 0.05) is 19.3 Å². The van der Waals surface area contributed by atoms with Gasteiger partial charge in [0.15, 0.2) is 6.61 Å². The number of esters is 1. The first-order chi connectivity index (χ1) is 13.3. The molecule has 1 heterocycles. The fraction of sp³-hybridized carbons (Fsp3) is 0.235. The minimum atomic E-state index is -0.851. The summed E-state index contributed by atoms with van der Waals surface area (Å²) in [6, 6.07) is 7.71. The Hall–Kier alpha value is -3.40. The van der Waals surface area contributed by atoms with E-state index in [0.717, 1.165) is 21.7 Å². The first-order valence-electron chi connectivity index (χ1n) is 8.00. The fourth-order valence-electron chi connectivity index (χ4n) is 2.06. The predicted octanol–water partition coefficient (Wildman–Crippen LogP) is -0.170. The molecule has 0 aliphatic carbocycles. The number of likely N-dealkylation sites (N-methyl/N-ethyl adjacent to an activating group) is 1. The Morgan fingerprint density at radius 3 is 2.61 bits per heavy atom. The SMILES string of the molecule is CN(CC(=O)Nc1ccccc1Cl)C(=O)COC(=O)Cn1ccc(=O)[nH]c1=O. The van der Waals surface area contributed by atoms with E-state index in [1.807, 2.05) is 4.98 Å². The van der Waals surface area contributed by atoms with Gasteiger partial charge in [-0.3, -0.25) is 28.7 Å². The molecule has 0 aliphatic heterocycles.